The van der Waals surface area contributed by atoms with E-state index in [-0.39, 0.29) is 16.7 Å². The normalized spacial score (nSPS) is 14.8. The van der Waals surface area contributed by atoms with Crippen LogP contribution in [0.4, 0.5) is 24.5 Å². The van der Waals surface area contributed by atoms with E-state index in [9.17, 15) is 18.0 Å². The number of aromatic nitrogens is 2. The number of hydrogen-bond acceptors (Lipinski definition) is 7. The van der Waals surface area contributed by atoms with Gasteiger partial charge in [-0.05, 0) is 43.8 Å². The molecule has 1 saturated heterocycles. The Balaban J connectivity index is 1.44. The first-order valence-electron chi connectivity index (χ1n) is 11.2. The van der Waals surface area contributed by atoms with Crippen LogP contribution in [0.2, 0.25) is 0 Å². The molecule has 1 aromatic heterocycles. The highest BCUT2D eigenvalue weighted by molar-refractivity contribution is 7.99. The molecule has 0 bridgehead atoms. The molecule has 2 aromatic carbocycles. The third-order valence-corrected chi connectivity index (χ3v) is 6.61. The molecule has 1 aliphatic heterocycles. The van der Waals surface area contributed by atoms with E-state index >= 15 is 0 Å². The molecule has 35 heavy (non-hydrogen) atoms. The molecule has 1 amide bonds. The minimum absolute atomic E-state index is 0.0885. The molecule has 0 radical (unpaired) electrons. The number of thioether (sulfide) groups is 1. The number of amides is 1. The quantitative estimate of drug-likeness (QED) is 0.456. The maximum atomic E-state index is 13.3. The van der Waals surface area contributed by atoms with Crippen molar-refractivity contribution in [3.8, 4) is 11.5 Å². The predicted octanol–water partition coefficient (Wildman–Crippen LogP) is 4.94. The van der Waals surface area contributed by atoms with Crippen LogP contribution in [0.3, 0.4) is 0 Å². The maximum Gasteiger partial charge on any atom is 0.416 e. The van der Waals surface area contributed by atoms with Crippen molar-refractivity contribution in [1.82, 2.24) is 15.1 Å². The Morgan fingerprint density at radius 1 is 1.09 bits per heavy atom. The molecular weight excluding hydrogens is 479 g/mol. The second-order valence-electron chi connectivity index (χ2n) is 8.23. The molecular formula is C24H26F3N5O2S. The van der Waals surface area contributed by atoms with Crippen LogP contribution in [0.5, 0.6) is 0 Å². The molecule has 3 aromatic rings. The van der Waals surface area contributed by atoms with Gasteiger partial charge in [-0.1, -0.05) is 36.4 Å². The largest absolute Gasteiger partial charge is 0.416 e. The molecule has 1 N–H and O–H groups in total. The second kappa shape index (κ2) is 10.7. The van der Waals surface area contributed by atoms with E-state index in [1.54, 1.807) is 0 Å². The number of nitrogens with zero attached hydrogens (tertiary/aromatic N) is 4. The van der Waals surface area contributed by atoms with Crippen LogP contribution in [-0.4, -0.2) is 59.5 Å². The lowest BCUT2D eigenvalue weighted by molar-refractivity contribution is -0.137. The first-order valence-corrected chi connectivity index (χ1v) is 12.2. The van der Waals surface area contributed by atoms with Gasteiger partial charge in [0.05, 0.1) is 22.7 Å². The fourth-order valence-electron chi connectivity index (χ4n) is 3.79. The summed E-state index contributed by atoms with van der Waals surface area (Å²) in [5.74, 6) is -0.216. The Labute approximate surface area is 205 Å². The number of aryl methyl sites for hydroxylation is 1. The van der Waals surface area contributed by atoms with Crippen molar-refractivity contribution in [3.05, 3.63) is 53.6 Å². The summed E-state index contributed by atoms with van der Waals surface area (Å²) in [6, 6.07) is 11.0. The second-order valence-corrected chi connectivity index (χ2v) is 9.15. The first kappa shape index (κ1) is 25.1. The summed E-state index contributed by atoms with van der Waals surface area (Å²) in [6.07, 6.45) is -4.51. The molecule has 7 nitrogen and oxygen atoms in total. The van der Waals surface area contributed by atoms with Crippen LogP contribution >= 0.6 is 11.8 Å². The Morgan fingerprint density at radius 2 is 1.80 bits per heavy atom. The minimum Gasteiger partial charge on any atom is -0.411 e. The van der Waals surface area contributed by atoms with E-state index < -0.39 is 17.6 Å². The summed E-state index contributed by atoms with van der Waals surface area (Å²) >= 11 is 1.03. The van der Waals surface area contributed by atoms with Gasteiger partial charge < -0.3 is 19.5 Å². The third-order valence-electron chi connectivity index (χ3n) is 5.79. The Bertz CT molecular complexity index is 1160. The molecule has 0 spiro atoms. The number of alkyl halides is 3. The van der Waals surface area contributed by atoms with Gasteiger partial charge in [0, 0.05) is 31.7 Å². The number of benzene rings is 2. The molecule has 1 aliphatic rings. The summed E-state index contributed by atoms with van der Waals surface area (Å²) < 4.78 is 45.6. The van der Waals surface area contributed by atoms with E-state index in [0.717, 1.165) is 54.7 Å². The lowest BCUT2D eigenvalue weighted by Crippen LogP contribution is -2.46. The van der Waals surface area contributed by atoms with Crippen LogP contribution < -0.4 is 10.2 Å². The zero-order valence-electron chi connectivity index (χ0n) is 19.4. The van der Waals surface area contributed by atoms with Crippen molar-refractivity contribution < 1.29 is 22.4 Å². The highest BCUT2D eigenvalue weighted by Gasteiger charge is 2.32. The van der Waals surface area contributed by atoms with Crippen molar-refractivity contribution in [1.29, 1.82) is 0 Å². The Hall–Kier alpha value is -3.05. The smallest absolute Gasteiger partial charge is 0.411 e. The standard InChI is InChI=1S/C24H26F3N5O2S/c1-3-31-10-12-32(13-11-31)20-9-8-18(24(25,26)27)14-19(20)28-21(33)15-35-23-30-29-22(34-23)17-6-4-16(2)5-7-17/h4-9,14H,3,10-13,15H2,1-2H3,(H,28,33). The van der Waals surface area contributed by atoms with Crippen molar-refractivity contribution in [2.24, 2.45) is 0 Å². The molecule has 11 heteroatoms. The van der Waals surface area contributed by atoms with Crippen LogP contribution in [-0.2, 0) is 11.0 Å². The molecule has 186 valence electrons. The summed E-state index contributed by atoms with van der Waals surface area (Å²) in [5, 5.41) is 10.8. The van der Waals surface area contributed by atoms with E-state index in [0.29, 0.717) is 24.7 Å². The van der Waals surface area contributed by atoms with Crippen molar-refractivity contribution in [2.45, 2.75) is 25.2 Å². The van der Waals surface area contributed by atoms with Crippen molar-refractivity contribution in [2.75, 3.05) is 48.7 Å². The van der Waals surface area contributed by atoms with E-state index in [4.69, 9.17) is 4.42 Å². The highest BCUT2D eigenvalue weighted by atomic mass is 32.2. The van der Waals surface area contributed by atoms with Gasteiger partial charge in [-0.3, -0.25) is 4.79 Å². The van der Waals surface area contributed by atoms with Gasteiger partial charge in [-0.25, -0.2) is 0 Å². The van der Waals surface area contributed by atoms with Crippen LogP contribution in [0.1, 0.15) is 18.1 Å². The topological polar surface area (TPSA) is 74.5 Å². The zero-order chi connectivity index (χ0) is 25.0. The summed E-state index contributed by atoms with van der Waals surface area (Å²) in [6.45, 7) is 7.91. The highest BCUT2D eigenvalue weighted by Crippen LogP contribution is 2.36. The van der Waals surface area contributed by atoms with Crippen LogP contribution in [0.25, 0.3) is 11.5 Å². The Kier molecular flexibility index (Phi) is 7.66. The van der Waals surface area contributed by atoms with Gasteiger partial charge in [0.1, 0.15) is 0 Å². The van der Waals surface area contributed by atoms with Gasteiger partial charge in [-0.15, -0.1) is 10.2 Å². The average molecular weight is 506 g/mol. The monoisotopic (exact) mass is 505 g/mol. The van der Waals surface area contributed by atoms with Gasteiger partial charge in [0.25, 0.3) is 5.22 Å². The predicted molar refractivity (Wildman–Crippen MR) is 130 cm³/mol. The summed E-state index contributed by atoms with van der Waals surface area (Å²) in [7, 11) is 0. The minimum atomic E-state index is -4.51. The number of carbonyl (C=O) groups excluding carboxylic acids is 1. The number of carbonyl (C=O) groups is 1. The number of piperazine rings is 1. The fourth-order valence-corrected chi connectivity index (χ4v) is 4.35. The van der Waals surface area contributed by atoms with Gasteiger partial charge in [0.2, 0.25) is 11.8 Å². The van der Waals surface area contributed by atoms with Crippen LogP contribution in [0, 0.1) is 6.92 Å². The van der Waals surface area contributed by atoms with Crippen molar-refractivity contribution in [3.63, 3.8) is 0 Å². The molecule has 0 aliphatic carbocycles. The summed E-state index contributed by atoms with van der Waals surface area (Å²) in [5.41, 5.74) is 1.76. The SMILES string of the molecule is CCN1CCN(c2ccc(C(F)(F)F)cc2NC(=O)CSc2nnc(-c3ccc(C)cc3)o2)CC1. The average Bonchev–Trinajstić information content (AvgIpc) is 3.32. The molecule has 0 saturated carbocycles. The van der Waals surface area contributed by atoms with Gasteiger partial charge in [0.15, 0.2) is 0 Å². The van der Waals surface area contributed by atoms with E-state index in [2.05, 4.69) is 27.3 Å². The van der Waals surface area contributed by atoms with Crippen molar-refractivity contribution >= 4 is 29.0 Å². The molecule has 4 rings (SSSR count). The van der Waals surface area contributed by atoms with Gasteiger partial charge >= 0.3 is 6.18 Å². The number of hydrogen-bond donors (Lipinski definition) is 1. The number of nitrogens with one attached hydrogen (secondary N) is 1. The lowest BCUT2D eigenvalue weighted by atomic mass is 10.1. The molecule has 1 fully saturated rings. The third kappa shape index (κ3) is 6.34. The number of halogens is 3. The molecule has 0 atom stereocenters. The number of rotatable bonds is 7. The maximum absolute atomic E-state index is 13.3. The van der Waals surface area contributed by atoms with Crippen LogP contribution in [0.15, 0.2) is 52.1 Å². The molecule has 2 heterocycles. The van der Waals surface area contributed by atoms with Gasteiger partial charge in [-0.2, -0.15) is 13.2 Å². The van der Waals surface area contributed by atoms with E-state index in [1.165, 1.54) is 6.07 Å². The molecule has 0 unspecified atom stereocenters. The van der Waals surface area contributed by atoms with E-state index in [1.807, 2.05) is 36.1 Å². The lowest BCUT2D eigenvalue weighted by Gasteiger charge is -2.36. The number of likely N-dealkylation sites (N-methyl/N-ethyl adjacent to an activating group) is 1. The number of anilines is 2. The fraction of sp³-hybridized carbons (Fsp3) is 0.375. The first-order chi connectivity index (χ1) is 16.7. The zero-order valence-corrected chi connectivity index (χ0v) is 20.2. The summed E-state index contributed by atoms with van der Waals surface area (Å²) in [4.78, 5) is 16.9. The Morgan fingerprint density at radius 3 is 2.46 bits per heavy atom.